The van der Waals surface area contributed by atoms with E-state index >= 15 is 0 Å². The Kier molecular flexibility index (Phi) is 3.36. The summed E-state index contributed by atoms with van der Waals surface area (Å²) >= 11 is 5.92. The molecule has 0 saturated heterocycles. The van der Waals surface area contributed by atoms with Gasteiger partial charge in [0.1, 0.15) is 5.82 Å². The molecule has 0 fully saturated rings. The van der Waals surface area contributed by atoms with Gasteiger partial charge in [-0.05, 0) is 24.1 Å². The summed E-state index contributed by atoms with van der Waals surface area (Å²) in [6.45, 7) is 0.792. The molecular formula is C17H14ClFN2O2. The van der Waals surface area contributed by atoms with Crippen LogP contribution < -0.4 is 10.6 Å². The third kappa shape index (κ3) is 2.23. The van der Waals surface area contributed by atoms with Crippen molar-refractivity contribution in [2.45, 2.75) is 18.8 Å². The molecule has 3 aliphatic rings. The Morgan fingerprint density at radius 2 is 1.83 bits per heavy atom. The van der Waals surface area contributed by atoms with Gasteiger partial charge < -0.3 is 10.6 Å². The Labute approximate surface area is 137 Å². The smallest absolute Gasteiger partial charge is 0.175 e. The van der Waals surface area contributed by atoms with Crippen LogP contribution in [0.15, 0.2) is 40.7 Å². The highest BCUT2D eigenvalue weighted by Gasteiger charge is 2.41. The monoisotopic (exact) mass is 332 g/mol. The Balaban J connectivity index is 1.91. The molecule has 2 aliphatic heterocycles. The van der Waals surface area contributed by atoms with Gasteiger partial charge in [-0.15, -0.1) is 0 Å². The lowest BCUT2D eigenvalue weighted by Gasteiger charge is -2.33. The van der Waals surface area contributed by atoms with Crippen LogP contribution >= 0.6 is 11.6 Å². The summed E-state index contributed by atoms with van der Waals surface area (Å²) in [6.07, 6.45) is 1.08. The molecule has 0 spiro atoms. The van der Waals surface area contributed by atoms with Crippen LogP contribution in [0.3, 0.4) is 0 Å². The van der Waals surface area contributed by atoms with Gasteiger partial charge in [0, 0.05) is 41.4 Å². The lowest BCUT2D eigenvalue weighted by atomic mass is 9.77. The molecule has 0 unspecified atom stereocenters. The zero-order valence-electron chi connectivity index (χ0n) is 12.2. The number of benzene rings is 1. The molecule has 2 heterocycles. The molecule has 4 nitrogen and oxygen atoms in total. The average Bonchev–Trinajstić information content (AvgIpc) is 2.90. The van der Waals surface area contributed by atoms with Crippen LogP contribution in [0.25, 0.3) is 0 Å². The SMILES string of the molecule is O=C1CCC2=C1[C@@H](c1ccc(F)c(Cl)c1)C1=C(CNCC1=O)N2. The summed E-state index contributed by atoms with van der Waals surface area (Å²) in [5.74, 6) is -0.975. The number of hydrogen-bond acceptors (Lipinski definition) is 4. The first kappa shape index (κ1) is 14.6. The van der Waals surface area contributed by atoms with Crippen LogP contribution in [0, 0.1) is 5.82 Å². The van der Waals surface area contributed by atoms with Gasteiger partial charge in [-0.2, -0.15) is 0 Å². The fraction of sp³-hybridized carbons (Fsp3) is 0.294. The maximum atomic E-state index is 13.5. The predicted molar refractivity (Wildman–Crippen MR) is 83.5 cm³/mol. The molecule has 1 aliphatic carbocycles. The third-order valence-corrected chi connectivity index (χ3v) is 4.89. The second-order valence-corrected chi connectivity index (χ2v) is 6.37. The topological polar surface area (TPSA) is 58.2 Å². The van der Waals surface area contributed by atoms with Crippen molar-refractivity contribution in [1.82, 2.24) is 10.6 Å². The molecule has 4 rings (SSSR count). The maximum Gasteiger partial charge on any atom is 0.175 e. The molecule has 0 saturated carbocycles. The molecule has 1 atom stereocenters. The van der Waals surface area contributed by atoms with Gasteiger partial charge >= 0.3 is 0 Å². The second-order valence-electron chi connectivity index (χ2n) is 5.97. The molecule has 118 valence electrons. The molecular weight excluding hydrogens is 319 g/mol. The number of halogens is 2. The van der Waals surface area contributed by atoms with E-state index in [0.29, 0.717) is 36.1 Å². The molecule has 23 heavy (non-hydrogen) atoms. The number of Topliss-reactive ketones (excluding diaryl/α,β-unsaturated/α-hetero) is 2. The zero-order valence-corrected chi connectivity index (χ0v) is 13.0. The molecule has 0 aromatic heterocycles. The van der Waals surface area contributed by atoms with E-state index in [-0.39, 0.29) is 23.1 Å². The van der Waals surface area contributed by atoms with E-state index in [1.807, 2.05) is 0 Å². The van der Waals surface area contributed by atoms with Crippen LogP contribution in [0.2, 0.25) is 5.02 Å². The van der Waals surface area contributed by atoms with E-state index in [0.717, 1.165) is 11.4 Å². The highest BCUT2D eigenvalue weighted by molar-refractivity contribution is 6.30. The van der Waals surface area contributed by atoms with E-state index in [2.05, 4.69) is 10.6 Å². The Morgan fingerprint density at radius 1 is 1.04 bits per heavy atom. The Bertz CT molecular complexity index is 813. The van der Waals surface area contributed by atoms with Crippen molar-refractivity contribution in [3.05, 3.63) is 57.1 Å². The van der Waals surface area contributed by atoms with Crippen molar-refractivity contribution in [1.29, 1.82) is 0 Å². The second kappa shape index (κ2) is 5.28. The number of nitrogens with one attached hydrogen (secondary N) is 2. The molecule has 6 heteroatoms. The molecule has 0 amide bonds. The number of carbonyl (C=O) groups excluding carboxylic acids is 2. The van der Waals surface area contributed by atoms with Crippen LogP contribution in [0.5, 0.6) is 0 Å². The number of hydrogen-bond donors (Lipinski definition) is 2. The summed E-state index contributed by atoms with van der Waals surface area (Å²) < 4.78 is 13.5. The molecule has 2 N–H and O–H groups in total. The lowest BCUT2D eigenvalue weighted by molar-refractivity contribution is -0.115. The van der Waals surface area contributed by atoms with Crippen LogP contribution in [-0.4, -0.2) is 24.7 Å². The highest BCUT2D eigenvalue weighted by atomic mass is 35.5. The first-order valence-corrected chi connectivity index (χ1v) is 7.89. The quantitative estimate of drug-likeness (QED) is 0.828. The van der Waals surface area contributed by atoms with Gasteiger partial charge in [0.15, 0.2) is 11.6 Å². The minimum atomic E-state index is -0.512. The molecule has 1 aromatic rings. The number of dihydropyridines is 1. The molecule has 0 radical (unpaired) electrons. The van der Waals surface area contributed by atoms with Crippen LogP contribution in [0.4, 0.5) is 4.39 Å². The Morgan fingerprint density at radius 3 is 2.61 bits per heavy atom. The van der Waals surface area contributed by atoms with E-state index in [1.54, 1.807) is 6.07 Å². The van der Waals surface area contributed by atoms with E-state index in [4.69, 9.17) is 11.6 Å². The van der Waals surface area contributed by atoms with Crippen molar-refractivity contribution in [2.75, 3.05) is 13.1 Å². The van der Waals surface area contributed by atoms with Crippen LogP contribution in [0.1, 0.15) is 24.3 Å². The van der Waals surface area contributed by atoms with Gasteiger partial charge in [-0.1, -0.05) is 17.7 Å². The lowest BCUT2D eigenvalue weighted by Crippen LogP contribution is -2.42. The first-order valence-electron chi connectivity index (χ1n) is 7.51. The summed E-state index contributed by atoms with van der Waals surface area (Å²) in [5.41, 5.74) is 3.58. The predicted octanol–water partition coefficient (Wildman–Crippen LogP) is 2.21. The summed E-state index contributed by atoms with van der Waals surface area (Å²) in [5, 5.41) is 6.30. The average molecular weight is 333 g/mol. The fourth-order valence-electron chi connectivity index (χ4n) is 3.60. The summed E-state index contributed by atoms with van der Waals surface area (Å²) in [4.78, 5) is 24.8. The number of allylic oxidation sites excluding steroid dienone is 2. The van der Waals surface area contributed by atoms with Gasteiger partial charge in [-0.25, -0.2) is 4.39 Å². The van der Waals surface area contributed by atoms with Crippen molar-refractivity contribution in [2.24, 2.45) is 0 Å². The first-order chi connectivity index (χ1) is 11.1. The minimum Gasteiger partial charge on any atom is -0.360 e. The van der Waals surface area contributed by atoms with Crippen molar-refractivity contribution in [3.63, 3.8) is 0 Å². The number of ketones is 2. The van der Waals surface area contributed by atoms with Crippen LogP contribution in [-0.2, 0) is 9.59 Å². The van der Waals surface area contributed by atoms with E-state index in [1.165, 1.54) is 12.1 Å². The van der Waals surface area contributed by atoms with Gasteiger partial charge in [0.2, 0.25) is 0 Å². The standard InChI is InChI=1S/C17H14ClFN2O2/c18-9-5-8(1-2-10(9)19)15-16-11(3-4-13(16)22)21-12-6-20-7-14(23)17(12)15/h1-2,5,15,20-21H,3-4,6-7H2/t15-/m1/s1. The van der Waals surface area contributed by atoms with Gasteiger partial charge in [-0.3, -0.25) is 9.59 Å². The van der Waals surface area contributed by atoms with E-state index in [9.17, 15) is 14.0 Å². The maximum absolute atomic E-state index is 13.5. The van der Waals surface area contributed by atoms with Crippen molar-refractivity contribution >= 4 is 23.2 Å². The van der Waals surface area contributed by atoms with Gasteiger partial charge in [0.05, 0.1) is 11.6 Å². The van der Waals surface area contributed by atoms with E-state index < -0.39 is 11.7 Å². The fourth-order valence-corrected chi connectivity index (χ4v) is 3.79. The highest BCUT2D eigenvalue weighted by Crippen LogP contribution is 2.44. The van der Waals surface area contributed by atoms with Crippen molar-refractivity contribution < 1.29 is 14.0 Å². The Hall–Kier alpha value is -1.98. The van der Waals surface area contributed by atoms with Gasteiger partial charge in [0.25, 0.3) is 0 Å². The van der Waals surface area contributed by atoms with Crippen molar-refractivity contribution in [3.8, 4) is 0 Å². The molecule has 0 bridgehead atoms. The normalized spacial score (nSPS) is 23.8. The summed E-state index contributed by atoms with van der Waals surface area (Å²) in [7, 11) is 0. The number of carbonyl (C=O) groups is 2. The third-order valence-electron chi connectivity index (χ3n) is 4.60. The zero-order chi connectivity index (χ0) is 16.1. The largest absolute Gasteiger partial charge is 0.360 e. The number of rotatable bonds is 1. The minimum absolute atomic E-state index is 0.00263. The summed E-state index contributed by atoms with van der Waals surface area (Å²) in [6, 6.07) is 4.40. The molecule has 1 aromatic carbocycles.